The average Bonchev–Trinajstić information content (AvgIpc) is 3.10. The Morgan fingerprint density at radius 3 is 2.79 bits per heavy atom. The van der Waals surface area contributed by atoms with Gasteiger partial charge < -0.3 is 25.5 Å². The lowest BCUT2D eigenvalue weighted by atomic mass is 10.1. The van der Waals surface area contributed by atoms with Gasteiger partial charge in [-0.15, -0.1) is 0 Å². The number of pyridine rings is 1. The SMILES string of the molecule is CN(CCNC(=O)O)c1ccc2nccc(C(=O)NCC(=O)N3CC(F)(F)CC3C#N)c2c1. The van der Waals surface area contributed by atoms with Crippen LogP contribution < -0.4 is 15.5 Å². The van der Waals surface area contributed by atoms with Crippen LogP contribution in [0.15, 0.2) is 30.5 Å². The van der Waals surface area contributed by atoms with Crippen molar-refractivity contribution in [2.75, 3.05) is 38.1 Å². The summed E-state index contributed by atoms with van der Waals surface area (Å²) in [5.74, 6) is -4.50. The molecule has 1 atom stereocenters. The quantitative estimate of drug-likeness (QED) is 0.568. The number of anilines is 1. The van der Waals surface area contributed by atoms with Crippen LogP contribution in [0.2, 0.25) is 0 Å². The van der Waals surface area contributed by atoms with Crippen LogP contribution in [-0.2, 0) is 4.79 Å². The molecule has 2 aromatic rings. The molecule has 1 saturated heterocycles. The Morgan fingerprint density at radius 1 is 1.33 bits per heavy atom. The van der Waals surface area contributed by atoms with E-state index in [2.05, 4.69) is 15.6 Å². The van der Waals surface area contributed by atoms with Gasteiger partial charge in [0.1, 0.15) is 6.04 Å². The van der Waals surface area contributed by atoms with Gasteiger partial charge in [-0.25, -0.2) is 13.6 Å². The van der Waals surface area contributed by atoms with Crippen molar-refractivity contribution in [3.05, 3.63) is 36.0 Å². The highest BCUT2D eigenvalue weighted by Gasteiger charge is 2.47. The second kappa shape index (κ2) is 9.64. The van der Waals surface area contributed by atoms with E-state index in [-0.39, 0.29) is 12.1 Å². The predicted molar refractivity (Wildman–Crippen MR) is 114 cm³/mol. The number of hydrogen-bond acceptors (Lipinski definition) is 6. The van der Waals surface area contributed by atoms with Crippen molar-refractivity contribution in [1.29, 1.82) is 5.26 Å². The van der Waals surface area contributed by atoms with Crippen LogP contribution in [0.25, 0.3) is 10.9 Å². The molecule has 3 rings (SSSR count). The van der Waals surface area contributed by atoms with Gasteiger partial charge in [0, 0.05) is 43.8 Å². The number of fused-ring (bicyclic) bond motifs is 1. The smallest absolute Gasteiger partial charge is 0.404 e. The van der Waals surface area contributed by atoms with E-state index in [4.69, 9.17) is 10.4 Å². The van der Waals surface area contributed by atoms with Crippen LogP contribution in [0.5, 0.6) is 0 Å². The molecular weight excluding hydrogens is 438 g/mol. The molecule has 3 N–H and O–H groups in total. The van der Waals surface area contributed by atoms with Gasteiger partial charge in [-0.1, -0.05) is 0 Å². The predicted octanol–water partition coefficient (Wildman–Crippen LogP) is 1.43. The fraction of sp³-hybridized carbons (Fsp3) is 0.381. The van der Waals surface area contributed by atoms with Gasteiger partial charge in [-0.05, 0) is 24.3 Å². The average molecular weight is 460 g/mol. The molecule has 1 aliphatic heterocycles. The number of likely N-dealkylation sites (tertiary alicyclic amines) is 1. The molecule has 2 heterocycles. The topological polar surface area (TPSA) is 139 Å². The normalized spacial score (nSPS) is 16.8. The first-order valence-corrected chi connectivity index (χ1v) is 10.0. The summed E-state index contributed by atoms with van der Waals surface area (Å²) < 4.78 is 27.1. The molecule has 3 amide bonds. The van der Waals surface area contributed by atoms with E-state index in [1.165, 1.54) is 12.3 Å². The summed E-state index contributed by atoms with van der Waals surface area (Å²) in [5.41, 5.74) is 1.47. The Morgan fingerprint density at radius 2 is 2.09 bits per heavy atom. The minimum atomic E-state index is -3.14. The lowest BCUT2D eigenvalue weighted by Gasteiger charge is -2.20. The molecule has 0 spiro atoms. The number of hydrogen-bond donors (Lipinski definition) is 3. The van der Waals surface area contributed by atoms with Gasteiger partial charge in [0.15, 0.2) is 0 Å². The van der Waals surface area contributed by atoms with Gasteiger partial charge in [0.05, 0.1) is 30.2 Å². The number of benzene rings is 1. The van der Waals surface area contributed by atoms with E-state index in [9.17, 15) is 23.2 Å². The first kappa shape index (κ1) is 23.6. The number of alkyl halides is 2. The second-order valence-electron chi connectivity index (χ2n) is 7.62. The van der Waals surface area contributed by atoms with Gasteiger partial charge >= 0.3 is 6.09 Å². The van der Waals surface area contributed by atoms with E-state index in [0.29, 0.717) is 23.1 Å². The summed E-state index contributed by atoms with van der Waals surface area (Å²) in [6, 6.07) is 7.13. The lowest BCUT2D eigenvalue weighted by Crippen LogP contribution is -2.43. The molecule has 12 heteroatoms. The van der Waals surface area contributed by atoms with E-state index >= 15 is 0 Å². The fourth-order valence-electron chi connectivity index (χ4n) is 3.58. The van der Waals surface area contributed by atoms with Gasteiger partial charge in [0.25, 0.3) is 11.8 Å². The number of nitrogens with zero attached hydrogens (tertiary/aromatic N) is 4. The molecule has 174 valence electrons. The zero-order chi connectivity index (χ0) is 24.2. The number of nitrogens with one attached hydrogen (secondary N) is 2. The molecule has 1 aliphatic rings. The molecule has 0 bridgehead atoms. The number of carboxylic acid groups (broad SMARTS) is 1. The number of carbonyl (C=O) groups excluding carboxylic acids is 2. The van der Waals surface area contributed by atoms with Crippen molar-refractivity contribution in [3.8, 4) is 6.07 Å². The molecule has 1 aromatic heterocycles. The van der Waals surface area contributed by atoms with Crippen LogP contribution in [-0.4, -0.2) is 78.1 Å². The largest absolute Gasteiger partial charge is 0.465 e. The third-order valence-corrected chi connectivity index (χ3v) is 5.27. The van der Waals surface area contributed by atoms with Crippen molar-refractivity contribution in [2.45, 2.75) is 18.4 Å². The lowest BCUT2D eigenvalue weighted by molar-refractivity contribution is -0.131. The van der Waals surface area contributed by atoms with Gasteiger partial charge in [-0.2, -0.15) is 5.26 Å². The van der Waals surface area contributed by atoms with Crippen LogP contribution in [0.1, 0.15) is 16.8 Å². The molecule has 10 nitrogen and oxygen atoms in total. The molecule has 1 aromatic carbocycles. The third-order valence-electron chi connectivity index (χ3n) is 5.27. The summed E-state index contributed by atoms with van der Waals surface area (Å²) in [7, 11) is 1.76. The standard InChI is InChI=1S/C21H22F2N6O4/c1-28(7-6-26-20(32)33)13-2-3-17-16(8-13)15(4-5-25-17)19(31)27-11-18(30)29-12-21(22,23)9-14(29)10-24/h2-5,8,14,26H,6-7,9,11-12H2,1H3,(H,27,31)(H,32,33). The van der Waals surface area contributed by atoms with Crippen LogP contribution >= 0.6 is 0 Å². The molecule has 0 saturated carbocycles. The van der Waals surface area contributed by atoms with Gasteiger partial charge in [-0.3, -0.25) is 14.6 Å². The first-order chi connectivity index (χ1) is 15.6. The summed E-state index contributed by atoms with van der Waals surface area (Å²) >= 11 is 0. The fourth-order valence-corrected chi connectivity index (χ4v) is 3.58. The first-order valence-electron chi connectivity index (χ1n) is 10.0. The highest BCUT2D eigenvalue weighted by atomic mass is 19.3. The van der Waals surface area contributed by atoms with Crippen molar-refractivity contribution >= 4 is 34.5 Å². The van der Waals surface area contributed by atoms with E-state index < -0.39 is 49.4 Å². The van der Waals surface area contributed by atoms with E-state index in [1.54, 1.807) is 36.2 Å². The summed E-state index contributed by atoms with van der Waals surface area (Å²) in [6.45, 7) is -0.803. The highest BCUT2D eigenvalue weighted by Crippen LogP contribution is 2.31. The molecular formula is C21H22F2N6O4. The van der Waals surface area contributed by atoms with Crippen molar-refractivity contribution in [1.82, 2.24) is 20.5 Å². The Bertz CT molecular complexity index is 1120. The number of carbonyl (C=O) groups is 3. The minimum absolute atomic E-state index is 0.200. The number of likely N-dealkylation sites (N-methyl/N-ethyl adjacent to an activating group) is 1. The molecule has 1 unspecified atom stereocenters. The van der Waals surface area contributed by atoms with Crippen LogP contribution in [0, 0.1) is 11.3 Å². The zero-order valence-electron chi connectivity index (χ0n) is 17.7. The number of halogens is 2. The Hall–Kier alpha value is -4.01. The maximum atomic E-state index is 13.6. The number of aromatic nitrogens is 1. The van der Waals surface area contributed by atoms with E-state index in [1.807, 2.05) is 0 Å². The van der Waals surface area contributed by atoms with Gasteiger partial charge in [0.2, 0.25) is 5.91 Å². The number of nitriles is 1. The summed E-state index contributed by atoms with van der Waals surface area (Å²) in [4.78, 5) is 42.5. The summed E-state index contributed by atoms with van der Waals surface area (Å²) in [5, 5.41) is 22.9. The Labute approximate surface area is 187 Å². The maximum absolute atomic E-state index is 13.6. The Balaban J connectivity index is 1.72. The maximum Gasteiger partial charge on any atom is 0.404 e. The van der Waals surface area contributed by atoms with Crippen molar-refractivity contribution in [2.24, 2.45) is 0 Å². The summed E-state index contributed by atoms with van der Waals surface area (Å²) in [6.07, 6.45) is -0.416. The molecule has 0 radical (unpaired) electrons. The monoisotopic (exact) mass is 460 g/mol. The highest BCUT2D eigenvalue weighted by molar-refractivity contribution is 6.07. The third kappa shape index (κ3) is 5.62. The van der Waals surface area contributed by atoms with Crippen molar-refractivity contribution < 1.29 is 28.3 Å². The van der Waals surface area contributed by atoms with E-state index in [0.717, 1.165) is 4.90 Å². The second-order valence-corrected chi connectivity index (χ2v) is 7.62. The van der Waals surface area contributed by atoms with Crippen LogP contribution in [0.3, 0.4) is 0 Å². The molecule has 33 heavy (non-hydrogen) atoms. The number of rotatable bonds is 7. The van der Waals surface area contributed by atoms with Crippen LogP contribution in [0.4, 0.5) is 19.3 Å². The molecule has 1 fully saturated rings. The Kier molecular flexibility index (Phi) is 6.91. The number of amides is 3. The minimum Gasteiger partial charge on any atom is -0.465 e. The van der Waals surface area contributed by atoms with Crippen molar-refractivity contribution in [3.63, 3.8) is 0 Å². The molecule has 0 aliphatic carbocycles. The zero-order valence-corrected chi connectivity index (χ0v) is 17.7.